The number of esters is 2. The fraction of sp³-hybridized carbons (Fsp3) is 0.803. The molecule has 0 aliphatic rings. The number of aliphatic carboxylic acids is 1. The van der Waals surface area contributed by atoms with Gasteiger partial charge in [-0.05, 0) is 57.8 Å². The second kappa shape index (κ2) is 57.2. The lowest BCUT2D eigenvalue weighted by Gasteiger charge is -2.25. The summed E-state index contributed by atoms with van der Waals surface area (Å²) in [6.45, 7) is 4.78. The Balaban J connectivity index is 3.92. The second-order valence-corrected chi connectivity index (χ2v) is 22.3. The van der Waals surface area contributed by atoms with Crippen LogP contribution in [0.1, 0.15) is 284 Å². The topological polar surface area (TPSA) is 108 Å². The number of carboxylic acid groups (broad SMARTS) is 1. The van der Waals surface area contributed by atoms with Gasteiger partial charge in [0.15, 0.2) is 6.10 Å². The van der Waals surface area contributed by atoms with E-state index in [1.807, 2.05) is 21.1 Å². The molecule has 436 valence electrons. The van der Waals surface area contributed by atoms with Crippen molar-refractivity contribution in [1.82, 2.24) is 0 Å². The van der Waals surface area contributed by atoms with Gasteiger partial charge < -0.3 is 28.5 Å². The Labute approximate surface area is 463 Å². The van der Waals surface area contributed by atoms with Crippen molar-refractivity contribution in [2.24, 2.45) is 0 Å². The van der Waals surface area contributed by atoms with Crippen LogP contribution < -0.4 is 0 Å². The van der Waals surface area contributed by atoms with E-state index in [0.29, 0.717) is 17.4 Å². The number of likely N-dealkylation sites (N-methyl/N-ethyl adjacent to an activating group) is 1. The average Bonchev–Trinajstić information content (AvgIpc) is 3.38. The van der Waals surface area contributed by atoms with Crippen molar-refractivity contribution in [3.8, 4) is 0 Å². The van der Waals surface area contributed by atoms with Gasteiger partial charge >= 0.3 is 17.9 Å². The SMILES string of the molecule is CC/C=C\C/C=C\C/C=C\C/C=C\C/C=C\CCCCCCCCCCCCCCCCCCCCCCCCCC(=O)OC(COC(=O)CCCCCCCCCCCCC)COC(OCC[N+](C)(C)C)C(=O)O. The number of quaternary nitrogens is 1. The van der Waals surface area contributed by atoms with Gasteiger partial charge in [0.1, 0.15) is 13.2 Å². The standard InChI is InChI=1S/C66H119NO8/c1-6-8-10-12-14-16-18-19-20-21-22-23-24-25-26-27-28-29-30-31-32-33-34-35-36-37-38-39-40-41-42-43-44-45-47-49-51-53-55-57-64(69)75-62(61-74-66(65(70)71)72-59-58-67(3,4)5)60-73-63(68)56-54-52-50-48-46-17-15-13-11-9-7-2/h8,10,14,16,19-20,22-23,25-26,62,66H,6-7,9,11-13,15,17-18,21,24,27-61H2,1-5H3/p+1/b10-8-,16-14-,20-19-,23-22-,26-25-. The second-order valence-electron chi connectivity index (χ2n) is 22.3. The highest BCUT2D eigenvalue weighted by molar-refractivity contribution is 5.71. The maximum atomic E-state index is 12.9. The third-order valence-electron chi connectivity index (χ3n) is 13.8. The highest BCUT2D eigenvalue weighted by Gasteiger charge is 2.25. The van der Waals surface area contributed by atoms with Crippen LogP contribution in [0.5, 0.6) is 0 Å². The predicted molar refractivity (Wildman–Crippen MR) is 318 cm³/mol. The van der Waals surface area contributed by atoms with Crippen molar-refractivity contribution < 1.29 is 42.9 Å². The van der Waals surface area contributed by atoms with Gasteiger partial charge in [-0.25, -0.2) is 4.79 Å². The molecule has 0 aliphatic carbocycles. The van der Waals surface area contributed by atoms with Crippen LogP contribution in [0.2, 0.25) is 0 Å². The molecule has 0 amide bonds. The molecule has 0 spiro atoms. The van der Waals surface area contributed by atoms with E-state index in [0.717, 1.165) is 70.6 Å². The number of nitrogens with zero attached hydrogens (tertiary/aromatic N) is 1. The van der Waals surface area contributed by atoms with Gasteiger partial charge in [0.25, 0.3) is 6.29 Å². The van der Waals surface area contributed by atoms with Crippen molar-refractivity contribution in [2.45, 2.75) is 296 Å². The molecule has 0 aromatic heterocycles. The Bertz CT molecular complexity index is 1410. The summed E-state index contributed by atoms with van der Waals surface area (Å²) in [4.78, 5) is 37.3. The molecular weight excluding hydrogens is 935 g/mol. The Morgan fingerprint density at radius 1 is 0.413 bits per heavy atom. The first-order valence-corrected chi connectivity index (χ1v) is 31.5. The lowest BCUT2D eigenvalue weighted by molar-refractivity contribution is -0.870. The number of carbonyl (C=O) groups excluding carboxylic acids is 2. The zero-order chi connectivity index (χ0) is 54.8. The summed E-state index contributed by atoms with van der Waals surface area (Å²) in [5, 5.41) is 9.68. The van der Waals surface area contributed by atoms with Gasteiger partial charge in [-0.2, -0.15) is 0 Å². The fourth-order valence-electron chi connectivity index (χ4n) is 8.98. The number of rotatable bonds is 58. The molecule has 0 aromatic carbocycles. The van der Waals surface area contributed by atoms with E-state index >= 15 is 0 Å². The minimum absolute atomic E-state index is 0.177. The maximum Gasteiger partial charge on any atom is 0.361 e. The number of ether oxygens (including phenoxy) is 4. The molecule has 0 rings (SSSR count). The van der Waals surface area contributed by atoms with E-state index in [9.17, 15) is 19.5 Å². The molecule has 2 atom stereocenters. The Kier molecular flexibility index (Phi) is 54.9. The predicted octanol–water partition coefficient (Wildman–Crippen LogP) is 18.8. The van der Waals surface area contributed by atoms with Crippen LogP contribution in [-0.2, 0) is 33.3 Å². The van der Waals surface area contributed by atoms with Crippen molar-refractivity contribution in [3.05, 3.63) is 60.8 Å². The number of hydrogen-bond acceptors (Lipinski definition) is 7. The number of carbonyl (C=O) groups is 3. The quantitative estimate of drug-likeness (QED) is 0.0211. The molecule has 0 fully saturated rings. The minimum atomic E-state index is -1.51. The molecule has 0 heterocycles. The van der Waals surface area contributed by atoms with Crippen LogP contribution in [0, 0.1) is 0 Å². The molecule has 0 saturated carbocycles. The van der Waals surface area contributed by atoms with Gasteiger partial charge in [0.2, 0.25) is 0 Å². The van der Waals surface area contributed by atoms with E-state index in [1.54, 1.807) is 0 Å². The summed E-state index contributed by atoms with van der Waals surface area (Å²) in [6.07, 6.45) is 70.6. The third-order valence-corrected chi connectivity index (χ3v) is 13.8. The molecule has 9 nitrogen and oxygen atoms in total. The monoisotopic (exact) mass is 1050 g/mol. The van der Waals surface area contributed by atoms with Crippen LogP contribution in [0.25, 0.3) is 0 Å². The summed E-state index contributed by atoms with van der Waals surface area (Å²) >= 11 is 0. The van der Waals surface area contributed by atoms with Crippen LogP contribution in [-0.4, -0.2) is 87.4 Å². The van der Waals surface area contributed by atoms with E-state index < -0.39 is 18.4 Å². The molecule has 1 N–H and O–H groups in total. The van der Waals surface area contributed by atoms with Crippen LogP contribution in [0.15, 0.2) is 60.8 Å². The first-order valence-electron chi connectivity index (χ1n) is 31.5. The molecule has 9 heteroatoms. The molecule has 0 bridgehead atoms. The molecule has 0 radical (unpaired) electrons. The molecule has 0 saturated heterocycles. The minimum Gasteiger partial charge on any atom is -0.477 e. The molecule has 0 aliphatic heterocycles. The average molecular weight is 1060 g/mol. The fourth-order valence-corrected chi connectivity index (χ4v) is 8.98. The summed E-state index contributed by atoms with van der Waals surface area (Å²) in [5.74, 6) is -1.99. The molecule has 2 unspecified atom stereocenters. The molecule has 75 heavy (non-hydrogen) atoms. The highest BCUT2D eigenvalue weighted by atomic mass is 16.7. The smallest absolute Gasteiger partial charge is 0.361 e. The first-order chi connectivity index (χ1) is 36.6. The Morgan fingerprint density at radius 2 is 0.760 bits per heavy atom. The molecule has 0 aromatic rings. The van der Waals surface area contributed by atoms with Crippen LogP contribution in [0.4, 0.5) is 0 Å². The summed E-state index contributed by atoms with van der Waals surface area (Å²) < 4.78 is 22.9. The van der Waals surface area contributed by atoms with Gasteiger partial charge in [0.05, 0.1) is 34.4 Å². The summed E-state index contributed by atoms with van der Waals surface area (Å²) in [5.41, 5.74) is 0. The Morgan fingerprint density at radius 3 is 1.13 bits per heavy atom. The van der Waals surface area contributed by atoms with Gasteiger partial charge in [-0.15, -0.1) is 0 Å². The van der Waals surface area contributed by atoms with Crippen molar-refractivity contribution in [3.63, 3.8) is 0 Å². The zero-order valence-electron chi connectivity index (χ0n) is 49.7. The van der Waals surface area contributed by atoms with E-state index in [4.69, 9.17) is 18.9 Å². The van der Waals surface area contributed by atoms with Crippen molar-refractivity contribution >= 4 is 17.9 Å². The number of carboxylic acids is 1. The van der Waals surface area contributed by atoms with Crippen molar-refractivity contribution in [2.75, 3.05) is 47.5 Å². The first kappa shape index (κ1) is 72.0. The van der Waals surface area contributed by atoms with Crippen LogP contribution in [0.3, 0.4) is 0 Å². The normalized spacial score (nSPS) is 13.1. The summed E-state index contributed by atoms with van der Waals surface area (Å²) in [7, 11) is 5.97. The van der Waals surface area contributed by atoms with E-state index in [1.165, 1.54) is 186 Å². The number of allylic oxidation sites excluding steroid dienone is 10. The van der Waals surface area contributed by atoms with Gasteiger partial charge in [-0.1, -0.05) is 274 Å². The zero-order valence-corrected chi connectivity index (χ0v) is 49.7. The Hall–Kier alpha value is -3.01. The van der Waals surface area contributed by atoms with Gasteiger partial charge in [0, 0.05) is 12.8 Å². The third kappa shape index (κ3) is 58.5. The van der Waals surface area contributed by atoms with Crippen LogP contribution >= 0.6 is 0 Å². The van der Waals surface area contributed by atoms with Crippen molar-refractivity contribution in [1.29, 1.82) is 0 Å². The largest absolute Gasteiger partial charge is 0.477 e. The maximum absolute atomic E-state index is 12.9. The summed E-state index contributed by atoms with van der Waals surface area (Å²) in [6, 6.07) is 0. The number of hydrogen-bond donors (Lipinski definition) is 1. The number of unbranched alkanes of at least 4 members (excludes halogenated alkanes) is 33. The van der Waals surface area contributed by atoms with Gasteiger partial charge in [-0.3, -0.25) is 9.59 Å². The highest BCUT2D eigenvalue weighted by Crippen LogP contribution is 2.17. The molecular formula is C66H120NO8+. The van der Waals surface area contributed by atoms with E-state index in [2.05, 4.69) is 74.6 Å². The van der Waals surface area contributed by atoms with E-state index in [-0.39, 0.29) is 38.2 Å². The lowest BCUT2D eigenvalue weighted by Crippen LogP contribution is -2.40. The lowest BCUT2D eigenvalue weighted by atomic mass is 10.0.